The summed E-state index contributed by atoms with van der Waals surface area (Å²) in [4.78, 5) is 25.2. The average Bonchev–Trinajstić information content (AvgIpc) is 2.69. The van der Waals surface area contributed by atoms with E-state index in [9.17, 15) is 23.3 Å². The van der Waals surface area contributed by atoms with Crippen LogP contribution in [-0.4, -0.2) is 57.8 Å². The fourth-order valence-corrected chi connectivity index (χ4v) is 3.30. The van der Waals surface area contributed by atoms with Crippen LogP contribution in [0.2, 0.25) is 0 Å². The van der Waals surface area contributed by atoms with Crippen molar-refractivity contribution in [2.75, 3.05) is 33.6 Å². The molecule has 0 atom stereocenters. The Balaban J connectivity index is 2.37. The van der Waals surface area contributed by atoms with Gasteiger partial charge in [-0.15, -0.1) is 0 Å². The van der Waals surface area contributed by atoms with Crippen molar-refractivity contribution in [1.29, 1.82) is 0 Å². The van der Waals surface area contributed by atoms with E-state index in [4.69, 9.17) is 13.7 Å². The minimum atomic E-state index is -3.79. The highest BCUT2D eigenvalue weighted by Crippen LogP contribution is 2.30. The highest BCUT2D eigenvalue weighted by molar-refractivity contribution is 7.86. The summed E-state index contributed by atoms with van der Waals surface area (Å²) in [5.41, 5.74) is 1.04. The summed E-state index contributed by atoms with van der Waals surface area (Å²) in [5.74, 6) is -0.215. The van der Waals surface area contributed by atoms with E-state index in [0.29, 0.717) is 11.1 Å². The van der Waals surface area contributed by atoms with E-state index in [-0.39, 0.29) is 42.4 Å². The van der Waals surface area contributed by atoms with Crippen LogP contribution in [0.15, 0.2) is 36.4 Å². The van der Waals surface area contributed by atoms with E-state index in [1.807, 2.05) is 0 Å². The van der Waals surface area contributed by atoms with Crippen molar-refractivity contribution in [2.24, 2.45) is 0 Å². The first-order valence-electron chi connectivity index (χ1n) is 9.15. The largest absolute Gasteiger partial charge is 0.493 e. The van der Waals surface area contributed by atoms with Crippen LogP contribution in [0.25, 0.3) is 0 Å². The number of nitro groups is 1. The monoisotopic (exact) mass is 452 g/mol. The molecule has 0 aliphatic heterocycles. The number of rotatable bonds is 10. The van der Waals surface area contributed by atoms with Gasteiger partial charge in [0.05, 0.1) is 24.9 Å². The van der Waals surface area contributed by atoms with Crippen LogP contribution < -0.4 is 8.92 Å². The van der Waals surface area contributed by atoms with Gasteiger partial charge in [0.15, 0.2) is 11.5 Å². The van der Waals surface area contributed by atoms with Crippen molar-refractivity contribution in [3.05, 3.63) is 63.2 Å². The number of carbonyl (C=O) groups excluding carboxylic acids is 1. The van der Waals surface area contributed by atoms with Crippen LogP contribution in [0.5, 0.6) is 11.5 Å². The Bertz CT molecular complexity index is 1070. The van der Waals surface area contributed by atoms with Crippen LogP contribution in [-0.2, 0) is 21.4 Å². The molecule has 2 aromatic rings. The van der Waals surface area contributed by atoms with E-state index in [1.54, 1.807) is 13.0 Å². The number of hydrogen-bond acceptors (Lipinski definition) is 8. The van der Waals surface area contributed by atoms with E-state index in [2.05, 4.69) is 0 Å². The molecule has 2 aromatic carbocycles. The van der Waals surface area contributed by atoms with Crippen LogP contribution in [0, 0.1) is 17.0 Å². The van der Waals surface area contributed by atoms with E-state index < -0.39 is 20.9 Å². The van der Waals surface area contributed by atoms with Crippen molar-refractivity contribution in [3.63, 3.8) is 0 Å². The number of hydrogen-bond donors (Lipinski definition) is 0. The molecule has 2 rings (SSSR count). The van der Waals surface area contributed by atoms with Gasteiger partial charge in [-0.05, 0) is 30.7 Å². The van der Waals surface area contributed by atoms with Crippen molar-refractivity contribution >= 4 is 21.7 Å². The smallest absolute Gasteiger partial charge is 0.306 e. The second-order valence-corrected chi connectivity index (χ2v) is 8.33. The molecular weight excluding hydrogens is 428 g/mol. The summed E-state index contributed by atoms with van der Waals surface area (Å²) in [6.07, 6.45) is 0.915. The Labute approximate surface area is 180 Å². The van der Waals surface area contributed by atoms with Crippen molar-refractivity contribution in [1.82, 2.24) is 4.90 Å². The summed E-state index contributed by atoms with van der Waals surface area (Å²) in [6, 6.07) is 8.94. The van der Waals surface area contributed by atoms with Gasteiger partial charge in [0.25, 0.3) is 11.6 Å². The molecule has 0 saturated heterocycles. The number of carbonyl (C=O) groups is 1. The molecule has 0 aliphatic carbocycles. The Morgan fingerprint density at radius 1 is 1.13 bits per heavy atom. The highest BCUT2D eigenvalue weighted by atomic mass is 32.2. The number of nitrogens with zero attached hydrogens (tertiary/aromatic N) is 2. The molecule has 0 N–H and O–H groups in total. The molecule has 0 bridgehead atoms. The Morgan fingerprint density at radius 2 is 1.84 bits per heavy atom. The first-order chi connectivity index (χ1) is 14.6. The van der Waals surface area contributed by atoms with Crippen LogP contribution in [0.3, 0.4) is 0 Å². The molecule has 1 amide bonds. The lowest BCUT2D eigenvalue weighted by molar-refractivity contribution is -0.385. The first-order valence-corrected chi connectivity index (χ1v) is 11.0. The molecule has 0 aliphatic rings. The number of ether oxygens (including phenoxy) is 2. The zero-order valence-electron chi connectivity index (χ0n) is 17.7. The minimum Gasteiger partial charge on any atom is -0.493 e. The summed E-state index contributed by atoms with van der Waals surface area (Å²) >= 11 is 0. The quantitative estimate of drug-likeness (QED) is 0.306. The van der Waals surface area contributed by atoms with Crippen molar-refractivity contribution in [2.45, 2.75) is 13.5 Å². The third-order valence-corrected chi connectivity index (χ3v) is 4.83. The van der Waals surface area contributed by atoms with Gasteiger partial charge in [-0.25, -0.2) is 0 Å². The zero-order chi connectivity index (χ0) is 23.2. The summed E-state index contributed by atoms with van der Waals surface area (Å²) in [5, 5.41) is 11.2. The molecule has 168 valence electrons. The summed E-state index contributed by atoms with van der Waals surface area (Å²) in [7, 11) is -0.921. The fraction of sp³-hybridized carbons (Fsp3) is 0.350. The Kier molecular flexibility index (Phi) is 7.95. The topological polar surface area (TPSA) is 125 Å². The van der Waals surface area contributed by atoms with E-state index in [0.717, 1.165) is 6.26 Å². The SMILES string of the molecule is COCCN(Cc1ccc(OC)c(OS(C)(=O)=O)c1)C(=O)c1ccc(C)c([N+](=O)[O-])c1. The van der Waals surface area contributed by atoms with Crippen LogP contribution in [0.1, 0.15) is 21.5 Å². The third kappa shape index (κ3) is 6.66. The summed E-state index contributed by atoms with van der Waals surface area (Å²) in [6.45, 7) is 2.14. The van der Waals surface area contributed by atoms with E-state index >= 15 is 0 Å². The predicted octanol–water partition coefficient (Wildman–Crippen LogP) is 2.54. The molecule has 11 heteroatoms. The van der Waals surface area contributed by atoms with E-state index in [1.165, 1.54) is 49.5 Å². The molecule has 0 radical (unpaired) electrons. The molecule has 0 fully saturated rings. The van der Waals surface area contributed by atoms with Crippen LogP contribution in [0.4, 0.5) is 5.69 Å². The maximum Gasteiger partial charge on any atom is 0.306 e. The molecule has 0 spiro atoms. The lowest BCUT2D eigenvalue weighted by Gasteiger charge is -2.23. The van der Waals surface area contributed by atoms with Gasteiger partial charge in [-0.2, -0.15) is 8.42 Å². The lowest BCUT2D eigenvalue weighted by atomic mass is 10.1. The molecule has 0 aromatic heterocycles. The van der Waals surface area contributed by atoms with Gasteiger partial charge < -0.3 is 18.6 Å². The molecular formula is C20H24N2O8S. The Hall–Kier alpha value is -3.18. The number of methoxy groups -OCH3 is 2. The zero-order valence-corrected chi connectivity index (χ0v) is 18.5. The lowest BCUT2D eigenvalue weighted by Crippen LogP contribution is -2.33. The molecule has 10 nitrogen and oxygen atoms in total. The highest BCUT2D eigenvalue weighted by Gasteiger charge is 2.21. The Morgan fingerprint density at radius 3 is 2.42 bits per heavy atom. The van der Waals surface area contributed by atoms with Gasteiger partial charge in [-0.3, -0.25) is 14.9 Å². The normalized spacial score (nSPS) is 11.1. The number of aryl methyl sites for hydroxylation is 1. The second-order valence-electron chi connectivity index (χ2n) is 6.75. The predicted molar refractivity (Wildman–Crippen MR) is 113 cm³/mol. The average molecular weight is 452 g/mol. The molecule has 0 unspecified atom stereocenters. The fourth-order valence-electron chi connectivity index (χ4n) is 2.84. The standard InChI is InChI=1S/C20H24N2O8S/c1-14-5-7-16(12-17(14)22(24)25)20(23)21(9-10-28-2)13-15-6-8-18(29-3)19(11-15)30-31(4,26)27/h5-8,11-12H,9-10,13H2,1-4H3. The van der Waals surface area contributed by atoms with Gasteiger partial charge in [0.2, 0.25) is 0 Å². The molecule has 31 heavy (non-hydrogen) atoms. The first kappa shape index (κ1) is 24.1. The molecule has 0 heterocycles. The number of amides is 1. The maximum absolute atomic E-state index is 13.1. The number of nitro benzene ring substituents is 1. The van der Waals surface area contributed by atoms with Gasteiger partial charge >= 0.3 is 10.1 Å². The summed E-state index contributed by atoms with van der Waals surface area (Å²) < 4.78 is 38.2. The third-order valence-electron chi connectivity index (χ3n) is 4.35. The number of benzene rings is 2. The second kappa shape index (κ2) is 10.2. The van der Waals surface area contributed by atoms with Gasteiger partial charge in [0, 0.05) is 37.4 Å². The minimum absolute atomic E-state index is 0.00684. The van der Waals surface area contributed by atoms with Crippen molar-refractivity contribution < 1.29 is 31.8 Å². The van der Waals surface area contributed by atoms with Gasteiger partial charge in [0.1, 0.15) is 0 Å². The van der Waals surface area contributed by atoms with Crippen molar-refractivity contribution in [3.8, 4) is 11.5 Å². The molecule has 0 saturated carbocycles. The van der Waals surface area contributed by atoms with Crippen LogP contribution >= 0.6 is 0 Å². The maximum atomic E-state index is 13.1. The van der Waals surface area contributed by atoms with Gasteiger partial charge in [-0.1, -0.05) is 12.1 Å².